The third kappa shape index (κ3) is 2.29. The molecule has 0 aromatic heterocycles. The summed E-state index contributed by atoms with van der Waals surface area (Å²) in [5, 5.41) is 12.8. The summed E-state index contributed by atoms with van der Waals surface area (Å²) in [5.74, 6) is 0.893. The first-order valence-corrected chi connectivity index (χ1v) is 6.10. The Bertz CT molecular complexity index is 183. The number of nitrogens with one attached hydrogen (secondary N) is 1. The molecule has 2 aliphatic rings. The molecular formula is C12H23NO. The highest BCUT2D eigenvalue weighted by Crippen LogP contribution is 2.44. The number of rotatable bonds is 5. The van der Waals surface area contributed by atoms with Gasteiger partial charge in [-0.25, -0.2) is 0 Å². The van der Waals surface area contributed by atoms with Crippen LogP contribution in [0.2, 0.25) is 0 Å². The molecule has 0 heterocycles. The fourth-order valence-corrected chi connectivity index (χ4v) is 2.57. The molecule has 2 aliphatic carbocycles. The number of aliphatic hydroxyl groups is 1. The molecule has 0 spiro atoms. The van der Waals surface area contributed by atoms with Crippen molar-refractivity contribution in [1.29, 1.82) is 0 Å². The van der Waals surface area contributed by atoms with Crippen molar-refractivity contribution < 1.29 is 5.11 Å². The minimum absolute atomic E-state index is 0.271. The summed E-state index contributed by atoms with van der Waals surface area (Å²) in [5.41, 5.74) is 0.271. The molecule has 0 aromatic carbocycles. The smallest absolute Gasteiger partial charge is 0.0499 e. The second kappa shape index (κ2) is 4.19. The Balaban J connectivity index is 1.69. The lowest BCUT2D eigenvalue weighted by Crippen LogP contribution is -2.37. The van der Waals surface area contributed by atoms with E-state index in [1.165, 1.54) is 38.5 Å². The fraction of sp³-hybridized carbons (Fsp3) is 1.00. The van der Waals surface area contributed by atoms with Crippen molar-refractivity contribution in [3.63, 3.8) is 0 Å². The van der Waals surface area contributed by atoms with Crippen LogP contribution in [0, 0.1) is 11.3 Å². The minimum Gasteiger partial charge on any atom is -0.396 e. The molecule has 2 heteroatoms. The van der Waals surface area contributed by atoms with Gasteiger partial charge < -0.3 is 10.4 Å². The maximum absolute atomic E-state index is 9.19. The van der Waals surface area contributed by atoms with Crippen molar-refractivity contribution in [2.75, 3.05) is 13.2 Å². The SMILES string of the molecule is CC(NCC1(CO)CC1)C1CCCC1. The van der Waals surface area contributed by atoms with E-state index in [1.54, 1.807) is 0 Å². The van der Waals surface area contributed by atoms with Crippen LogP contribution in [-0.2, 0) is 0 Å². The lowest BCUT2D eigenvalue weighted by molar-refractivity contribution is 0.199. The van der Waals surface area contributed by atoms with Gasteiger partial charge in [-0.2, -0.15) is 0 Å². The topological polar surface area (TPSA) is 32.3 Å². The largest absolute Gasteiger partial charge is 0.396 e. The van der Waals surface area contributed by atoms with E-state index >= 15 is 0 Å². The first-order valence-electron chi connectivity index (χ1n) is 6.10. The molecule has 2 N–H and O–H groups in total. The van der Waals surface area contributed by atoms with Crippen LogP contribution in [0.3, 0.4) is 0 Å². The van der Waals surface area contributed by atoms with Gasteiger partial charge >= 0.3 is 0 Å². The summed E-state index contributed by atoms with van der Waals surface area (Å²) in [6, 6.07) is 0.654. The van der Waals surface area contributed by atoms with Gasteiger partial charge in [0, 0.05) is 24.6 Å². The Hall–Kier alpha value is -0.0800. The quantitative estimate of drug-likeness (QED) is 0.706. The molecule has 1 atom stereocenters. The Morgan fingerprint density at radius 3 is 2.50 bits per heavy atom. The van der Waals surface area contributed by atoms with Crippen molar-refractivity contribution in [3.05, 3.63) is 0 Å². The van der Waals surface area contributed by atoms with E-state index in [0.29, 0.717) is 12.6 Å². The summed E-state index contributed by atoms with van der Waals surface area (Å²) in [4.78, 5) is 0. The van der Waals surface area contributed by atoms with E-state index in [1.807, 2.05) is 0 Å². The normalized spacial score (nSPS) is 27.9. The summed E-state index contributed by atoms with van der Waals surface area (Å²) in [7, 11) is 0. The van der Waals surface area contributed by atoms with Crippen LogP contribution in [0.4, 0.5) is 0 Å². The maximum atomic E-state index is 9.19. The molecule has 0 radical (unpaired) electrons. The molecule has 1 unspecified atom stereocenters. The molecule has 2 nitrogen and oxygen atoms in total. The lowest BCUT2D eigenvalue weighted by Gasteiger charge is -2.23. The highest BCUT2D eigenvalue weighted by Gasteiger charge is 2.42. The highest BCUT2D eigenvalue weighted by atomic mass is 16.3. The fourth-order valence-electron chi connectivity index (χ4n) is 2.57. The second-order valence-corrected chi connectivity index (χ2v) is 5.37. The van der Waals surface area contributed by atoms with Gasteiger partial charge in [0.1, 0.15) is 0 Å². The monoisotopic (exact) mass is 197 g/mol. The zero-order valence-corrected chi connectivity index (χ0v) is 9.26. The molecule has 0 aliphatic heterocycles. The molecule has 0 bridgehead atoms. The number of aliphatic hydroxyl groups excluding tert-OH is 1. The van der Waals surface area contributed by atoms with Crippen LogP contribution in [0.15, 0.2) is 0 Å². The molecule has 0 amide bonds. The Morgan fingerprint density at radius 1 is 1.36 bits per heavy atom. The van der Waals surface area contributed by atoms with Crippen molar-refractivity contribution >= 4 is 0 Å². The van der Waals surface area contributed by atoms with Gasteiger partial charge in [-0.3, -0.25) is 0 Å². The van der Waals surface area contributed by atoms with E-state index in [4.69, 9.17) is 0 Å². The molecule has 0 saturated heterocycles. The lowest BCUT2D eigenvalue weighted by atomic mass is 9.98. The average molecular weight is 197 g/mol. The summed E-state index contributed by atoms with van der Waals surface area (Å²) in [6.07, 6.45) is 8.08. The Labute approximate surface area is 87.1 Å². The first kappa shape index (κ1) is 10.4. The zero-order valence-electron chi connectivity index (χ0n) is 9.26. The van der Waals surface area contributed by atoms with Crippen LogP contribution in [0.5, 0.6) is 0 Å². The third-order valence-corrected chi connectivity index (χ3v) is 4.20. The molecule has 14 heavy (non-hydrogen) atoms. The predicted molar refractivity (Wildman–Crippen MR) is 58.2 cm³/mol. The van der Waals surface area contributed by atoms with Gasteiger partial charge in [-0.15, -0.1) is 0 Å². The van der Waals surface area contributed by atoms with Crippen molar-refractivity contribution in [3.8, 4) is 0 Å². The molecule has 2 fully saturated rings. The number of hydrogen-bond donors (Lipinski definition) is 2. The van der Waals surface area contributed by atoms with Gasteiger partial charge in [-0.05, 0) is 38.5 Å². The van der Waals surface area contributed by atoms with E-state index in [-0.39, 0.29) is 5.41 Å². The molecular weight excluding hydrogens is 174 g/mol. The molecule has 2 rings (SSSR count). The molecule has 2 saturated carbocycles. The maximum Gasteiger partial charge on any atom is 0.0499 e. The van der Waals surface area contributed by atoms with Crippen LogP contribution >= 0.6 is 0 Å². The summed E-state index contributed by atoms with van der Waals surface area (Å²) >= 11 is 0. The standard InChI is InChI=1S/C12H23NO/c1-10(11-4-2-3-5-11)13-8-12(9-14)6-7-12/h10-11,13-14H,2-9H2,1H3. The van der Waals surface area contributed by atoms with Gasteiger partial charge in [0.2, 0.25) is 0 Å². The van der Waals surface area contributed by atoms with Crippen LogP contribution in [-0.4, -0.2) is 24.3 Å². The Morgan fingerprint density at radius 2 is 2.00 bits per heavy atom. The van der Waals surface area contributed by atoms with Crippen LogP contribution in [0.1, 0.15) is 45.4 Å². The van der Waals surface area contributed by atoms with Crippen molar-refractivity contribution in [2.24, 2.45) is 11.3 Å². The molecule has 0 aromatic rings. The zero-order chi connectivity index (χ0) is 10.0. The Kier molecular flexibility index (Phi) is 3.13. The van der Waals surface area contributed by atoms with Gasteiger partial charge in [0.05, 0.1) is 0 Å². The first-order chi connectivity index (χ1) is 6.76. The van der Waals surface area contributed by atoms with Gasteiger partial charge in [0.25, 0.3) is 0 Å². The minimum atomic E-state index is 0.271. The highest BCUT2D eigenvalue weighted by molar-refractivity contribution is 4.95. The van der Waals surface area contributed by atoms with Crippen molar-refractivity contribution in [2.45, 2.75) is 51.5 Å². The third-order valence-electron chi connectivity index (χ3n) is 4.20. The van der Waals surface area contributed by atoms with E-state index in [0.717, 1.165) is 12.5 Å². The van der Waals surface area contributed by atoms with Crippen molar-refractivity contribution in [1.82, 2.24) is 5.32 Å². The van der Waals surface area contributed by atoms with Crippen LogP contribution < -0.4 is 5.32 Å². The predicted octanol–water partition coefficient (Wildman–Crippen LogP) is 1.93. The molecule has 82 valence electrons. The van der Waals surface area contributed by atoms with Crippen LogP contribution in [0.25, 0.3) is 0 Å². The van der Waals surface area contributed by atoms with Gasteiger partial charge in [-0.1, -0.05) is 12.8 Å². The second-order valence-electron chi connectivity index (χ2n) is 5.37. The number of hydrogen-bond acceptors (Lipinski definition) is 2. The van der Waals surface area contributed by atoms with Gasteiger partial charge in [0.15, 0.2) is 0 Å². The summed E-state index contributed by atoms with van der Waals surface area (Å²) in [6.45, 7) is 3.71. The average Bonchev–Trinajstić information content (AvgIpc) is 2.78. The van der Waals surface area contributed by atoms with E-state index in [9.17, 15) is 5.11 Å². The van der Waals surface area contributed by atoms with E-state index in [2.05, 4.69) is 12.2 Å². The van der Waals surface area contributed by atoms with E-state index < -0.39 is 0 Å². The summed E-state index contributed by atoms with van der Waals surface area (Å²) < 4.78 is 0.